The summed E-state index contributed by atoms with van der Waals surface area (Å²) in [5.74, 6) is -0.235. The molecule has 7 nitrogen and oxygen atoms in total. The topological polar surface area (TPSA) is 76.5 Å². The minimum atomic E-state index is -0.254. The monoisotopic (exact) mass is 406 g/mol. The molecule has 2 heterocycles. The highest BCUT2D eigenvalue weighted by Gasteiger charge is 2.21. The van der Waals surface area contributed by atoms with E-state index < -0.39 is 0 Å². The first-order valence-electron chi connectivity index (χ1n) is 10.2. The Morgan fingerprint density at radius 2 is 1.73 bits per heavy atom. The summed E-state index contributed by atoms with van der Waals surface area (Å²) in [5, 5.41) is 8.84. The number of ether oxygens (including phenoxy) is 1. The molecular weight excluding hydrogens is 380 g/mol. The molecule has 30 heavy (non-hydrogen) atoms. The lowest BCUT2D eigenvalue weighted by atomic mass is 10.1. The first-order chi connectivity index (χ1) is 14.6. The standard InChI is InChI=1S/C23H26N4O3/c1-17-19-9-5-6-10-20(19)23(29)27(25-17)16-22(28)24-21(18-7-3-2-4-8-18)15-26-11-13-30-14-12-26/h2-10,21H,11-16H2,1H3,(H,24,28). The zero-order valence-corrected chi connectivity index (χ0v) is 17.1. The average Bonchev–Trinajstić information content (AvgIpc) is 2.78. The summed E-state index contributed by atoms with van der Waals surface area (Å²) in [5.41, 5.74) is 1.51. The molecule has 1 amide bonds. The lowest BCUT2D eigenvalue weighted by Crippen LogP contribution is -2.44. The van der Waals surface area contributed by atoms with E-state index in [1.54, 1.807) is 6.07 Å². The molecule has 0 saturated carbocycles. The van der Waals surface area contributed by atoms with Crippen molar-refractivity contribution in [2.45, 2.75) is 19.5 Å². The fourth-order valence-corrected chi connectivity index (χ4v) is 3.85. The van der Waals surface area contributed by atoms with Gasteiger partial charge in [0.2, 0.25) is 5.91 Å². The normalized spacial score (nSPS) is 15.8. The summed E-state index contributed by atoms with van der Waals surface area (Å²) in [6.07, 6.45) is 0. The maximum atomic E-state index is 12.9. The lowest BCUT2D eigenvalue weighted by Gasteiger charge is -2.31. The number of aryl methyl sites for hydroxylation is 1. The number of carbonyl (C=O) groups is 1. The fraction of sp³-hybridized carbons (Fsp3) is 0.348. The van der Waals surface area contributed by atoms with Crippen LogP contribution in [0.1, 0.15) is 17.3 Å². The molecule has 1 unspecified atom stereocenters. The number of morpholine rings is 1. The summed E-state index contributed by atoms with van der Waals surface area (Å²) in [6, 6.07) is 17.1. The molecule has 1 N–H and O–H groups in total. The second kappa shape index (κ2) is 9.19. The summed E-state index contributed by atoms with van der Waals surface area (Å²) in [6.45, 7) is 5.50. The molecule has 0 spiro atoms. The van der Waals surface area contributed by atoms with Crippen LogP contribution >= 0.6 is 0 Å². The third-order valence-corrected chi connectivity index (χ3v) is 5.43. The Bertz CT molecular complexity index is 1070. The van der Waals surface area contributed by atoms with Gasteiger partial charge in [-0.25, -0.2) is 4.68 Å². The SMILES string of the molecule is Cc1nn(CC(=O)NC(CN2CCOCC2)c2ccccc2)c(=O)c2ccccc12. The van der Waals surface area contributed by atoms with E-state index in [1.165, 1.54) is 4.68 Å². The number of hydrogen-bond acceptors (Lipinski definition) is 5. The molecule has 7 heteroatoms. The Morgan fingerprint density at radius 1 is 1.07 bits per heavy atom. The molecular formula is C23H26N4O3. The fourth-order valence-electron chi connectivity index (χ4n) is 3.85. The van der Waals surface area contributed by atoms with Crippen molar-refractivity contribution < 1.29 is 9.53 Å². The summed E-state index contributed by atoms with van der Waals surface area (Å²) < 4.78 is 6.69. The number of hydrogen-bond donors (Lipinski definition) is 1. The number of rotatable bonds is 6. The molecule has 1 fully saturated rings. The van der Waals surface area contributed by atoms with Gasteiger partial charge in [0.05, 0.1) is 30.3 Å². The molecule has 3 aromatic rings. The molecule has 1 atom stereocenters. The number of amides is 1. The average molecular weight is 406 g/mol. The predicted octanol–water partition coefficient (Wildman–Crippen LogP) is 1.89. The quantitative estimate of drug-likeness (QED) is 0.677. The van der Waals surface area contributed by atoms with Crippen molar-refractivity contribution in [1.82, 2.24) is 20.0 Å². The van der Waals surface area contributed by atoms with Crippen molar-refractivity contribution in [2.24, 2.45) is 0 Å². The Hall–Kier alpha value is -3.03. The highest BCUT2D eigenvalue weighted by Crippen LogP contribution is 2.16. The number of fused-ring (bicyclic) bond motifs is 1. The largest absolute Gasteiger partial charge is 0.379 e. The second-order valence-electron chi connectivity index (χ2n) is 7.54. The minimum Gasteiger partial charge on any atom is -0.379 e. The Labute approximate surface area is 175 Å². The van der Waals surface area contributed by atoms with Crippen LogP contribution in [0.15, 0.2) is 59.4 Å². The van der Waals surface area contributed by atoms with Gasteiger partial charge in [-0.2, -0.15) is 5.10 Å². The third-order valence-electron chi connectivity index (χ3n) is 5.43. The van der Waals surface area contributed by atoms with Gasteiger partial charge in [0.1, 0.15) is 6.54 Å². The van der Waals surface area contributed by atoms with Gasteiger partial charge in [0.15, 0.2) is 0 Å². The molecule has 0 radical (unpaired) electrons. The molecule has 4 rings (SSSR count). The summed E-state index contributed by atoms with van der Waals surface area (Å²) in [7, 11) is 0. The molecule has 0 bridgehead atoms. The van der Waals surface area contributed by atoms with E-state index >= 15 is 0 Å². The Kier molecular flexibility index (Phi) is 6.21. The second-order valence-corrected chi connectivity index (χ2v) is 7.54. The molecule has 0 aliphatic carbocycles. The van der Waals surface area contributed by atoms with Crippen LogP contribution in [0.25, 0.3) is 10.8 Å². The van der Waals surface area contributed by atoms with Crippen LogP contribution in [-0.2, 0) is 16.1 Å². The summed E-state index contributed by atoms with van der Waals surface area (Å²) >= 11 is 0. The van der Waals surface area contributed by atoms with Gasteiger partial charge in [-0.15, -0.1) is 0 Å². The highest BCUT2D eigenvalue weighted by atomic mass is 16.5. The van der Waals surface area contributed by atoms with Gasteiger partial charge in [-0.1, -0.05) is 48.5 Å². The van der Waals surface area contributed by atoms with Gasteiger partial charge in [0, 0.05) is 25.0 Å². The summed E-state index contributed by atoms with van der Waals surface area (Å²) in [4.78, 5) is 28.0. The molecule has 1 aliphatic heterocycles. The van der Waals surface area contributed by atoms with E-state index in [1.807, 2.05) is 55.5 Å². The number of carbonyl (C=O) groups excluding carboxylic acids is 1. The van der Waals surface area contributed by atoms with Crippen molar-refractivity contribution >= 4 is 16.7 Å². The Balaban J connectivity index is 1.53. The van der Waals surface area contributed by atoms with E-state index in [0.29, 0.717) is 25.1 Å². The van der Waals surface area contributed by atoms with E-state index in [9.17, 15) is 9.59 Å². The van der Waals surface area contributed by atoms with Gasteiger partial charge in [0.25, 0.3) is 5.56 Å². The molecule has 1 aliphatic rings. The van der Waals surface area contributed by atoms with Crippen LogP contribution in [0.4, 0.5) is 0 Å². The number of nitrogens with zero attached hydrogens (tertiary/aromatic N) is 3. The van der Waals surface area contributed by atoms with Crippen LogP contribution in [0.2, 0.25) is 0 Å². The van der Waals surface area contributed by atoms with E-state index in [2.05, 4.69) is 15.3 Å². The van der Waals surface area contributed by atoms with Crippen LogP contribution in [0.5, 0.6) is 0 Å². The first-order valence-corrected chi connectivity index (χ1v) is 10.2. The third kappa shape index (κ3) is 4.58. The lowest BCUT2D eigenvalue weighted by molar-refractivity contribution is -0.122. The number of nitrogens with one attached hydrogen (secondary N) is 1. The van der Waals surface area contributed by atoms with Crippen LogP contribution in [-0.4, -0.2) is 53.4 Å². The van der Waals surface area contributed by atoms with Crippen molar-refractivity contribution in [3.8, 4) is 0 Å². The van der Waals surface area contributed by atoms with Gasteiger partial charge >= 0.3 is 0 Å². The zero-order valence-electron chi connectivity index (χ0n) is 17.1. The maximum Gasteiger partial charge on any atom is 0.275 e. The number of benzene rings is 2. The Morgan fingerprint density at radius 3 is 2.47 bits per heavy atom. The minimum absolute atomic E-state index is 0.114. The van der Waals surface area contributed by atoms with Crippen molar-refractivity contribution in [3.63, 3.8) is 0 Å². The van der Waals surface area contributed by atoms with Crippen LogP contribution in [0.3, 0.4) is 0 Å². The van der Waals surface area contributed by atoms with Crippen molar-refractivity contribution in [2.75, 3.05) is 32.8 Å². The van der Waals surface area contributed by atoms with E-state index in [0.717, 1.165) is 29.7 Å². The van der Waals surface area contributed by atoms with Crippen LogP contribution in [0, 0.1) is 6.92 Å². The van der Waals surface area contributed by atoms with Gasteiger partial charge < -0.3 is 10.1 Å². The van der Waals surface area contributed by atoms with Crippen LogP contribution < -0.4 is 10.9 Å². The zero-order chi connectivity index (χ0) is 20.9. The van der Waals surface area contributed by atoms with Crippen molar-refractivity contribution in [1.29, 1.82) is 0 Å². The van der Waals surface area contributed by atoms with E-state index in [4.69, 9.17) is 4.74 Å². The molecule has 1 aromatic heterocycles. The first kappa shape index (κ1) is 20.3. The van der Waals surface area contributed by atoms with Crippen molar-refractivity contribution in [3.05, 3.63) is 76.2 Å². The molecule has 156 valence electrons. The maximum absolute atomic E-state index is 12.9. The molecule has 2 aromatic carbocycles. The smallest absolute Gasteiger partial charge is 0.275 e. The van der Waals surface area contributed by atoms with E-state index in [-0.39, 0.29) is 24.1 Å². The van der Waals surface area contributed by atoms with Gasteiger partial charge in [-0.3, -0.25) is 14.5 Å². The van der Waals surface area contributed by atoms with Gasteiger partial charge in [-0.05, 0) is 18.6 Å². The number of aromatic nitrogens is 2. The molecule has 1 saturated heterocycles. The highest BCUT2D eigenvalue weighted by molar-refractivity contribution is 5.83. The predicted molar refractivity (Wildman–Crippen MR) is 115 cm³/mol.